The molecule has 1 aromatic heterocycles. The average molecular weight is 261 g/mol. The van der Waals surface area contributed by atoms with Crippen molar-refractivity contribution in [3.05, 3.63) is 30.1 Å². The van der Waals surface area contributed by atoms with Crippen LogP contribution in [0.4, 0.5) is 0 Å². The molecule has 1 aromatic rings. The molecule has 2 N–H and O–H groups in total. The van der Waals surface area contributed by atoms with Crippen LogP contribution in [0, 0.1) is 0 Å². The van der Waals surface area contributed by atoms with E-state index in [1.165, 1.54) is 12.0 Å². The second-order valence-corrected chi connectivity index (χ2v) is 5.84. The molecule has 0 spiro atoms. The largest absolute Gasteiger partial charge is 0.354 e. The number of amides is 1. The minimum absolute atomic E-state index is 0.0120. The van der Waals surface area contributed by atoms with E-state index in [0.29, 0.717) is 6.54 Å². The summed E-state index contributed by atoms with van der Waals surface area (Å²) in [7, 11) is 0. The Morgan fingerprint density at radius 2 is 2.16 bits per heavy atom. The molecule has 0 bridgehead atoms. The number of carbonyl (C=O) groups is 1. The highest BCUT2D eigenvalue weighted by atomic mass is 16.2. The summed E-state index contributed by atoms with van der Waals surface area (Å²) < 4.78 is 0. The zero-order valence-electron chi connectivity index (χ0n) is 11.8. The van der Waals surface area contributed by atoms with Gasteiger partial charge in [-0.15, -0.1) is 0 Å². The first-order valence-electron chi connectivity index (χ1n) is 7.01. The number of piperidine rings is 1. The minimum Gasteiger partial charge on any atom is -0.354 e. The van der Waals surface area contributed by atoms with E-state index < -0.39 is 0 Å². The highest BCUT2D eigenvalue weighted by Crippen LogP contribution is 2.21. The summed E-state index contributed by atoms with van der Waals surface area (Å²) in [5.74, 6) is 0.127. The SMILES string of the molecule is CC(C)(CNC(=O)C1CCCCN1)c1ccncc1. The first-order chi connectivity index (χ1) is 9.09. The van der Waals surface area contributed by atoms with Crippen LogP contribution in [0.15, 0.2) is 24.5 Å². The Hall–Kier alpha value is -1.42. The Balaban J connectivity index is 1.88. The summed E-state index contributed by atoms with van der Waals surface area (Å²) in [5.41, 5.74) is 1.12. The van der Waals surface area contributed by atoms with Gasteiger partial charge in [0.25, 0.3) is 0 Å². The van der Waals surface area contributed by atoms with Gasteiger partial charge in [-0.05, 0) is 37.1 Å². The summed E-state index contributed by atoms with van der Waals surface area (Å²) in [5, 5.41) is 6.34. The molecule has 19 heavy (non-hydrogen) atoms. The zero-order valence-corrected chi connectivity index (χ0v) is 11.8. The van der Waals surface area contributed by atoms with Crippen molar-refractivity contribution in [1.82, 2.24) is 15.6 Å². The van der Waals surface area contributed by atoms with Crippen LogP contribution in [0.3, 0.4) is 0 Å². The maximum absolute atomic E-state index is 12.1. The highest BCUT2D eigenvalue weighted by Gasteiger charge is 2.25. The van der Waals surface area contributed by atoms with Gasteiger partial charge in [0.05, 0.1) is 6.04 Å². The summed E-state index contributed by atoms with van der Waals surface area (Å²) in [4.78, 5) is 16.1. The van der Waals surface area contributed by atoms with E-state index in [9.17, 15) is 4.79 Å². The van der Waals surface area contributed by atoms with Gasteiger partial charge in [-0.2, -0.15) is 0 Å². The molecule has 1 unspecified atom stereocenters. The lowest BCUT2D eigenvalue weighted by Gasteiger charge is -2.28. The highest BCUT2D eigenvalue weighted by molar-refractivity contribution is 5.81. The van der Waals surface area contributed by atoms with Crippen molar-refractivity contribution in [3.63, 3.8) is 0 Å². The fourth-order valence-corrected chi connectivity index (χ4v) is 2.41. The number of rotatable bonds is 4. The topological polar surface area (TPSA) is 54.0 Å². The molecule has 2 heterocycles. The summed E-state index contributed by atoms with van der Waals surface area (Å²) in [6, 6.07) is 4.00. The molecule has 1 atom stereocenters. The van der Waals surface area contributed by atoms with Gasteiger partial charge in [0.15, 0.2) is 0 Å². The van der Waals surface area contributed by atoms with Crippen molar-refractivity contribution in [2.75, 3.05) is 13.1 Å². The van der Waals surface area contributed by atoms with Crippen molar-refractivity contribution >= 4 is 5.91 Å². The van der Waals surface area contributed by atoms with Crippen molar-refractivity contribution in [2.24, 2.45) is 0 Å². The predicted molar refractivity (Wildman–Crippen MR) is 75.9 cm³/mol. The number of pyridine rings is 1. The molecule has 1 saturated heterocycles. The molecular formula is C15H23N3O. The lowest BCUT2D eigenvalue weighted by molar-refractivity contribution is -0.123. The molecule has 1 aliphatic rings. The molecular weight excluding hydrogens is 238 g/mol. The summed E-state index contributed by atoms with van der Waals surface area (Å²) in [6.07, 6.45) is 6.84. The second-order valence-electron chi connectivity index (χ2n) is 5.84. The molecule has 4 heteroatoms. The van der Waals surface area contributed by atoms with Crippen LogP contribution in [-0.2, 0) is 10.2 Å². The third kappa shape index (κ3) is 3.77. The van der Waals surface area contributed by atoms with Crippen molar-refractivity contribution in [3.8, 4) is 0 Å². The Kier molecular flexibility index (Phi) is 4.53. The molecule has 4 nitrogen and oxygen atoms in total. The number of nitrogens with zero attached hydrogens (tertiary/aromatic N) is 1. The minimum atomic E-state index is -0.0761. The standard InChI is InChI=1S/C15H23N3O/c1-15(2,12-6-9-16-10-7-12)11-18-14(19)13-5-3-4-8-17-13/h6-7,9-10,13,17H,3-5,8,11H2,1-2H3,(H,18,19). The van der Waals surface area contributed by atoms with Gasteiger partial charge in [-0.3, -0.25) is 9.78 Å². The fourth-order valence-electron chi connectivity index (χ4n) is 2.41. The van der Waals surface area contributed by atoms with Crippen molar-refractivity contribution in [2.45, 2.75) is 44.6 Å². The lowest BCUT2D eigenvalue weighted by Crippen LogP contribution is -2.49. The molecule has 2 rings (SSSR count). The maximum atomic E-state index is 12.1. The first kappa shape index (κ1) is 14.0. The number of aromatic nitrogens is 1. The molecule has 0 saturated carbocycles. The van der Waals surface area contributed by atoms with E-state index in [-0.39, 0.29) is 17.4 Å². The van der Waals surface area contributed by atoms with Gasteiger partial charge in [0.2, 0.25) is 5.91 Å². The molecule has 0 aliphatic carbocycles. The van der Waals surface area contributed by atoms with E-state index in [1.54, 1.807) is 12.4 Å². The van der Waals surface area contributed by atoms with Crippen LogP contribution in [0.25, 0.3) is 0 Å². The molecule has 1 aliphatic heterocycles. The van der Waals surface area contributed by atoms with Crippen LogP contribution in [-0.4, -0.2) is 30.0 Å². The molecule has 0 aromatic carbocycles. The van der Waals surface area contributed by atoms with Crippen molar-refractivity contribution in [1.29, 1.82) is 0 Å². The third-order valence-electron chi connectivity index (χ3n) is 3.79. The van der Waals surface area contributed by atoms with Crippen LogP contribution in [0.5, 0.6) is 0 Å². The van der Waals surface area contributed by atoms with E-state index in [0.717, 1.165) is 19.4 Å². The normalized spacial score (nSPS) is 20.0. The van der Waals surface area contributed by atoms with Gasteiger partial charge < -0.3 is 10.6 Å². The fraction of sp³-hybridized carbons (Fsp3) is 0.600. The van der Waals surface area contributed by atoms with E-state index in [2.05, 4.69) is 29.5 Å². The Labute approximate surface area is 115 Å². The van der Waals surface area contributed by atoms with Crippen molar-refractivity contribution < 1.29 is 4.79 Å². The maximum Gasteiger partial charge on any atom is 0.237 e. The average Bonchev–Trinajstić information content (AvgIpc) is 2.47. The van der Waals surface area contributed by atoms with Crippen LogP contribution in [0.1, 0.15) is 38.7 Å². The van der Waals surface area contributed by atoms with E-state index in [4.69, 9.17) is 0 Å². The van der Waals surface area contributed by atoms with E-state index >= 15 is 0 Å². The van der Waals surface area contributed by atoms with Gasteiger partial charge in [0.1, 0.15) is 0 Å². The number of nitrogens with one attached hydrogen (secondary N) is 2. The molecule has 1 amide bonds. The zero-order chi connectivity index (χ0) is 13.7. The Morgan fingerprint density at radius 3 is 2.79 bits per heavy atom. The van der Waals surface area contributed by atoms with Crippen LogP contribution in [0.2, 0.25) is 0 Å². The molecule has 1 fully saturated rings. The van der Waals surface area contributed by atoms with Gasteiger partial charge in [-0.25, -0.2) is 0 Å². The van der Waals surface area contributed by atoms with Gasteiger partial charge in [0, 0.05) is 24.4 Å². The number of carbonyl (C=O) groups excluding carboxylic acids is 1. The third-order valence-corrected chi connectivity index (χ3v) is 3.79. The summed E-state index contributed by atoms with van der Waals surface area (Å²) in [6.45, 7) is 5.87. The second kappa shape index (κ2) is 6.15. The van der Waals surface area contributed by atoms with Crippen LogP contribution >= 0.6 is 0 Å². The first-order valence-corrected chi connectivity index (χ1v) is 7.01. The quantitative estimate of drug-likeness (QED) is 0.866. The van der Waals surface area contributed by atoms with Gasteiger partial charge >= 0.3 is 0 Å². The monoisotopic (exact) mass is 261 g/mol. The number of hydrogen-bond acceptors (Lipinski definition) is 3. The Bertz CT molecular complexity index is 411. The van der Waals surface area contributed by atoms with E-state index in [1.807, 2.05) is 12.1 Å². The Morgan fingerprint density at radius 1 is 1.42 bits per heavy atom. The molecule has 104 valence electrons. The number of hydrogen-bond donors (Lipinski definition) is 2. The van der Waals surface area contributed by atoms with Gasteiger partial charge in [-0.1, -0.05) is 20.3 Å². The smallest absolute Gasteiger partial charge is 0.237 e. The van der Waals surface area contributed by atoms with Crippen LogP contribution < -0.4 is 10.6 Å². The summed E-state index contributed by atoms with van der Waals surface area (Å²) >= 11 is 0. The lowest BCUT2D eigenvalue weighted by atomic mass is 9.85. The molecule has 0 radical (unpaired) electrons. The predicted octanol–water partition coefficient (Wildman–Crippen LogP) is 1.62.